The largest absolute Gasteiger partial charge is 0.497 e. The van der Waals surface area contributed by atoms with Crippen LogP contribution in [0.25, 0.3) is 0 Å². The van der Waals surface area contributed by atoms with Gasteiger partial charge in [-0.2, -0.15) is 0 Å². The molecule has 0 saturated carbocycles. The van der Waals surface area contributed by atoms with Gasteiger partial charge >= 0.3 is 11.9 Å². The number of fused-ring (bicyclic) bond motifs is 4. The van der Waals surface area contributed by atoms with Crippen molar-refractivity contribution < 1.29 is 23.8 Å². The van der Waals surface area contributed by atoms with Crippen LogP contribution in [0.2, 0.25) is 0 Å². The molecule has 3 aliphatic heterocycles. The summed E-state index contributed by atoms with van der Waals surface area (Å²) in [6.07, 6.45) is 3.55. The van der Waals surface area contributed by atoms with E-state index in [9.17, 15) is 9.59 Å². The fourth-order valence-electron chi connectivity index (χ4n) is 4.78. The van der Waals surface area contributed by atoms with Crippen LogP contribution in [0.3, 0.4) is 0 Å². The fourth-order valence-corrected chi connectivity index (χ4v) is 4.78. The number of esters is 2. The van der Waals surface area contributed by atoms with Crippen LogP contribution >= 0.6 is 0 Å². The van der Waals surface area contributed by atoms with Gasteiger partial charge in [0, 0.05) is 64.1 Å². The van der Waals surface area contributed by atoms with Gasteiger partial charge in [-0.3, -0.25) is 9.59 Å². The minimum Gasteiger partial charge on any atom is -0.497 e. The van der Waals surface area contributed by atoms with Crippen molar-refractivity contribution in [3.05, 3.63) is 42.2 Å². The third-order valence-electron chi connectivity index (χ3n) is 6.26. The normalized spacial score (nSPS) is 23.5. The van der Waals surface area contributed by atoms with Crippen LogP contribution in [0, 0.1) is 5.41 Å². The van der Waals surface area contributed by atoms with E-state index in [0.717, 1.165) is 17.0 Å². The molecular weight excluding hydrogens is 400 g/mol. The van der Waals surface area contributed by atoms with Gasteiger partial charge in [0.15, 0.2) is 5.41 Å². The lowest BCUT2D eigenvalue weighted by Crippen LogP contribution is -2.71. The highest BCUT2D eigenvalue weighted by Gasteiger charge is 2.64. The summed E-state index contributed by atoms with van der Waals surface area (Å²) in [5.74, 6) is -1.12. The Hall–Kier alpha value is -3.36. The van der Waals surface area contributed by atoms with E-state index < -0.39 is 29.2 Å². The molecule has 0 aliphatic carbocycles. The van der Waals surface area contributed by atoms with Crippen LogP contribution in [-0.4, -0.2) is 60.5 Å². The van der Waals surface area contributed by atoms with Gasteiger partial charge in [0.1, 0.15) is 5.75 Å². The summed E-state index contributed by atoms with van der Waals surface area (Å²) in [7, 11) is 1.62. The maximum absolute atomic E-state index is 13.4. The molecule has 1 atom stereocenters. The van der Waals surface area contributed by atoms with Gasteiger partial charge in [-0.15, -0.1) is 0 Å². The second-order valence-corrected chi connectivity index (χ2v) is 8.53. The molecule has 9 nitrogen and oxygen atoms in total. The predicted octanol–water partition coefficient (Wildman–Crippen LogP) is 1.56. The molecule has 5 rings (SSSR count). The summed E-state index contributed by atoms with van der Waals surface area (Å²) in [5.41, 5.74) is 0.369. The maximum atomic E-state index is 13.4. The molecule has 4 heterocycles. The topological polar surface area (TPSA) is 94.1 Å². The van der Waals surface area contributed by atoms with Gasteiger partial charge in [0.25, 0.3) is 5.79 Å². The summed E-state index contributed by atoms with van der Waals surface area (Å²) in [6, 6.07) is 6.94. The minimum atomic E-state index is -1.47. The van der Waals surface area contributed by atoms with Crippen molar-refractivity contribution in [3.8, 4) is 5.75 Å². The Bertz CT molecular complexity index is 1020. The minimum absolute atomic E-state index is 0.199. The van der Waals surface area contributed by atoms with Crippen molar-refractivity contribution in [2.45, 2.75) is 32.1 Å². The zero-order valence-corrected chi connectivity index (χ0v) is 17.7. The number of ether oxygens (including phenoxy) is 3. The third kappa shape index (κ3) is 2.98. The van der Waals surface area contributed by atoms with Crippen LogP contribution < -0.4 is 14.5 Å². The van der Waals surface area contributed by atoms with E-state index in [4.69, 9.17) is 14.2 Å². The molecule has 0 N–H and O–H groups in total. The zero-order valence-electron chi connectivity index (χ0n) is 17.7. The summed E-state index contributed by atoms with van der Waals surface area (Å²) >= 11 is 0. The van der Waals surface area contributed by atoms with E-state index in [1.807, 2.05) is 23.1 Å². The molecule has 1 aromatic carbocycles. The quantitative estimate of drug-likeness (QED) is 0.526. The van der Waals surface area contributed by atoms with Crippen LogP contribution in [-0.2, 0) is 25.5 Å². The van der Waals surface area contributed by atoms with Gasteiger partial charge in [0.05, 0.1) is 13.2 Å². The number of aromatic nitrogens is 2. The van der Waals surface area contributed by atoms with Crippen LogP contribution in [0.4, 0.5) is 11.6 Å². The number of hydrogen-bond donors (Lipinski definition) is 0. The third-order valence-corrected chi connectivity index (χ3v) is 6.26. The number of carbonyl (C=O) groups excluding carboxylic acids is 2. The standard InChI is InChI=1S/C22H24N4O5/c1-21(2)30-18(27)22(19(28)31-21)12-14-5-6-15(29-3)11-16(14)26-10-9-25(13-17(22)26)20-23-7-4-8-24-20/h4-8,11,17H,9-10,12-13H2,1-3H3. The lowest BCUT2D eigenvalue weighted by Gasteiger charge is -2.54. The predicted molar refractivity (Wildman–Crippen MR) is 111 cm³/mol. The lowest BCUT2D eigenvalue weighted by molar-refractivity contribution is -0.253. The summed E-state index contributed by atoms with van der Waals surface area (Å²) in [5, 5.41) is 0. The first-order chi connectivity index (χ1) is 14.8. The second-order valence-electron chi connectivity index (χ2n) is 8.53. The number of anilines is 2. The average Bonchev–Trinajstić information content (AvgIpc) is 2.76. The molecule has 2 aromatic rings. The van der Waals surface area contributed by atoms with Crippen LogP contribution in [0.5, 0.6) is 5.75 Å². The smallest absolute Gasteiger partial charge is 0.329 e. The molecule has 1 unspecified atom stereocenters. The Morgan fingerprint density at radius 2 is 1.81 bits per heavy atom. The summed E-state index contributed by atoms with van der Waals surface area (Å²) in [4.78, 5) is 39.6. The van der Waals surface area contributed by atoms with Crippen molar-refractivity contribution in [3.63, 3.8) is 0 Å². The number of cyclic esters (lactones) is 2. The Morgan fingerprint density at radius 1 is 1.10 bits per heavy atom. The number of nitrogens with zero attached hydrogens (tertiary/aromatic N) is 4. The number of rotatable bonds is 2. The van der Waals surface area contributed by atoms with Crippen LogP contribution in [0.15, 0.2) is 36.7 Å². The molecular formula is C22H24N4O5. The highest BCUT2D eigenvalue weighted by Crippen LogP contribution is 2.48. The number of hydrogen-bond acceptors (Lipinski definition) is 9. The number of methoxy groups -OCH3 is 1. The Labute approximate surface area is 179 Å². The van der Waals surface area contributed by atoms with Gasteiger partial charge in [-0.05, 0) is 17.7 Å². The van der Waals surface area contributed by atoms with E-state index in [2.05, 4.69) is 14.9 Å². The van der Waals surface area contributed by atoms with Crippen LogP contribution in [0.1, 0.15) is 19.4 Å². The fraction of sp³-hybridized carbons (Fsp3) is 0.455. The Balaban J connectivity index is 1.62. The molecule has 2 saturated heterocycles. The molecule has 2 fully saturated rings. The maximum Gasteiger partial charge on any atom is 0.329 e. The van der Waals surface area contributed by atoms with E-state index in [1.54, 1.807) is 39.4 Å². The van der Waals surface area contributed by atoms with E-state index in [-0.39, 0.29) is 6.42 Å². The van der Waals surface area contributed by atoms with Crippen molar-refractivity contribution in [2.75, 3.05) is 36.5 Å². The van der Waals surface area contributed by atoms with Crippen molar-refractivity contribution >= 4 is 23.6 Å². The highest BCUT2D eigenvalue weighted by atomic mass is 16.7. The first-order valence-electron chi connectivity index (χ1n) is 10.3. The van der Waals surface area contributed by atoms with E-state index >= 15 is 0 Å². The lowest BCUT2D eigenvalue weighted by atomic mass is 9.69. The Morgan fingerprint density at radius 3 is 2.48 bits per heavy atom. The SMILES string of the molecule is COc1ccc2c(c1)N1CCN(c3ncccn3)CC1C1(C2)C(=O)OC(C)(C)OC1=O. The molecule has 0 radical (unpaired) electrons. The van der Waals surface area contributed by atoms with E-state index in [1.165, 1.54) is 0 Å². The zero-order chi connectivity index (χ0) is 21.8. The second kappa shape index (κ2) is 6.83. The summed E-state index contributed by atoms with van der Waals surface area (Å²) < 4.78 is 16.6. The summed E-state index contributed by atoms with van der Waals surface area (Å²) in [6.45, 7) is 4.74. The van der Waals surface area contributed by atoms with Crippen molar-refractivity contribution in [1.29, 1.82) is 0 Å². The molecule has 162 valence electrons. The first-order valence-corrected chi connectivity index (χ1v) is 10.3. The molecule has 0 amide bonds. The number of carbonyl (C=O) groups is 2. The van der Waals surface area contributed by atoms with Gasteiger partial charge in [0.2, 0.25) is 5.95 Å². The molecule has 1 spiro atoms. The number of benzene rings is 1. The van der Waals surface area contributed by atoms with Gasteiger partial charge < -0.3 is 24.0 Å². The first kappa shape index (κ1) is 19.6. The Kier molecular flexibility index (Phi) is 4.32. The van der Waals surface area contributed by atoms with Gasteiger partial charge in [-0.1, -0.05) is 6.07 Å². The van der Waals surface area contributed by atoms with Gasteiger partial charge in [-0.25, -0.2) is 9.97 Å². The molecule has 1 aromatic heterocycles. The van der Waals surface area contributed by atoms with E-state index in [0.29, 0.717) is 25.6 Å². The average molecular weight is 424 g/mol. The highest BCUT2D eigenvalue weighted by molar-refractivity contribution is 6.04. The van der Waals surface area contributed by atoms with Crippen molar-refractivity contribution in [2.24, 2.45) is 5.41 Å². The molecule has 0 bridgehead atoms. The van der Waals surface area contributed by atoms with Crippen molar-refractivity contribution in [1.82, 2.24) is 9.97 Å². The molecule has 3 aliphatic rings. The monoisotopic (exact) mass is 424 g/mol. The molecule has 31 heavy (non-hydrogen) atoms. The number of piperazine rings is 1. The molecule has 9 heteroatoms.